The standard InChI is InChI=1S/C17H19N3O4S2/c1-10-11(2)20-24-17(10)13-6-7-16(23-13)26(21,22)18-9-8-15-19-12-4-3-5-14(12)25-15/h6-7,18H,3-5,8-9H2,1-2H3. The van der Waals surface area contributed by atoms with Gasteiger partial charge in [0.05, 0.1) is 16.4 Å². The summed E-state index contributed by atoms with van der Waals surface area (Å²) in [6.45, 7) is 3.95. The van der Waals surface area contributed by atoms with Gasteiger partial charge in [0, 0.05) is 23.4 Å². The third-order valence-corrected chi connectivity index (χ3v) is 7.05. The fourth-order valence-electron chi connectivity index (χ4n) is 2.95. The molecule has 26 heavy (non-hydrogen) atoms. The number of rotatable bonds is 6. The predicted octanol–water partition coefficient (Wildman–Crippen LogP) is 3.02. The van der Waals surface area contributed by atoms with E-state index in [0.29, 0.717) is 17.9 Å². The summed E-state index contributed by atoms with van der Waals surface area (Å²) in [4.78, 5) is 5.92. The number of aryl methyl sites for hydroxylation is 3. The van der Waals surface area contributed by atoms with Gasteiger partial charge >= 0.3 is 0 Å². The lowest BCUT2D eigenvalue weighted by Crippen LogP contribution is -2.25. The van der Waals surface area contributed by atoms with Crippen molar-refractivity contribution in [3.8, 4) is 11.5 Å². The maximum absolute atomic E-state index is 12.4. The first kappa shape index (κ1) is 17.4. The Morgan fingerprint density at radius 2 is 2.12 bits per heavy atom. The molecule has 3 aromatic rings. The molecule has 0 fully saturated rings. The second kappa shape index (κ2) is 6.64. The molecule has 138 valence electrons. The monoisotopic (exact) mass is 393 g/mol. The number of thiazole rings is 1. The van der Waals surface area contributed by atoms with Crippen LogP contribution in [-0.2, 0) is 29.3 Å². The van der Waals surface area contributed by atoms with E-state index in [-0.39, 0.29) is 11.6 Å². The Hall–Kier alpha value is -1.97. The lowest BCUT2D eigenvalue weighted by atomic mass is 10.2. The Morgan fingerprint density at radius 1 is 1.27 bits per heavy atom. The maximum atomic E-state index is 12.4. The molecule has 0 saturated heterocycles. The second-order valence-electron chi connectivity index (χ2n) is 6.32. The van der Waals surface area contributed by atoms with Gasteiger partial charge in [-0.25, -0.2) is 18.1 Å². The zero-order chi connectivity index (χ0) is 18.3. The maximum Gasteiger partial charge on any atom is 0.273 e. The van der Waals surface area contributed by atoms with Crippen molar-refractivity contribution in [2.45, 2.75) is 44.6 Å². The molecule has 0 saturated carbocycles. The van der Waals surface area contributed by atoms with Crippen LogP contribution in [0.25, 0.3) is 11.5 Å². The summed E-state index contributed by atoms with van der Waals surface area (Å²) in [6.07, 6.45) is 3.87. The van der Waals surface area contributed by atoms with E-state index in [1.54, 1.807) is 17.4 Å². The first-order valence-corrected chi connectivity index (χ1v) is 10.7. The van der Waals surface area contributed by atoms with Gasteiger partial charge in [-0.15, -0.1) is 11.3 Å². The predicted molar refractivity (Wildman–Crippen MR) is 96.7 cm³/mol. The van der Waals surface area contributed by atoms with Crippen LogP contribution in [0.4, 0.5) is 0 Å². The Labute approximate surface area is 155 Å². The summed E-state index contributed by atoms with van der Waals surface area (Å²) >= 11 is 1.68. The van der Waals surface area contributed by atoms with Gasteiger partial charge in [-0.05, 0) is 45.2 Å². The molecule has 3 heterocycles. The first-order valence-electron chi connectivity index (χ1n) is 8.44. The SMILES string of the molecule is Cc1noc(-c2ccc(S(=O)(=O)NCCc3nc4c(s3)CCC4)o2)c1C. The van der Waals surface area contributed by atoms with Crippen LogP contribution in [0.15, 0.2) is 26.2 Å². The minimum Gasteiger partial charge on any atom is -0.440 e. The topological polar surface area (TPSA) is 98.2 Å². The molecule has 3 aromatic heterocycles. The van der Waals surface area contributed by atoms with Gasteiger partial charge < -0.3 is 8.94 Å². The Bertz CT molecular complexity index is 1020. The van der Waals surface area contributed by atoms with Crippen LogP contribution in [0.2, 0.25) is 0 Å². The van der Waals surface area contributed by atoms with Crippen molar-refractivity contribution < 1.29 is 17.4 Å². The van der Waals surface area contributed by atoms with Crippen molar-refractivity contribution in [1.82, 2.24) is 14.9 Å². The molecule has 0 aromatic carbocycles. The van der Waals surface area contributed by atoms with Crippen LogP contribution >= 0.6 is 11.3 Å². The minimum absolute atomic E-state index is 0.136. The molecule has 0 spiro atoms. The van der Waals surface area contributed by atoms with Gasteiger partial charge in [-0.2, -0.15) is 0 Å². The Kier molecular flexibility index (Phi) is 4.45. The average Bonchev–Trinajstić information content (AvgIpc) is 3.32. The quantitative estimate of drug-likeness (QED) is 0.691. The van der Waals surface area contributed by atoms with Crippen molar-refractivity contribution in [3.63, 3.8) is 0 Å². The normalized spacial score (nSPS) is 14.1. The highest BCUT2D eigenvalue weighted by Crippen LogP contribution is 2.29. The number of furan rings is 1. The minimum atomic E-state index is -3.72. The molecule has 7 nitrogen and oxygen atoms in total. The van der Waals surface area contributed by atoms with Crippen LogP contribution in [-0.4, -0.2) is 25.1 Å². The van der Waals surface area contributed by atoms with Gasteiger partial charge in [0.15, 0.2) is 5.76 Å². The number of nitrogens with one attached hydrogen (secondary N) is 1. The van der Waals surface area contributed by atoms with Gasteiger partial charge in [0.2, 0.25) is 10.9 Å². The highest BCUT2D eigenvalue weighted by atomic mass is 32.2. The lowest BCUT2D eigenvalue weighted by molar-refractivity contribution is 0.397. The molecule has 1 aliphatic carbocycles. The molecule has 0 aliphatic heterocycles. The number of hydrogen-bond donors (Lipinski definition) is 1. The van der Waals surface area contributed by atoms with E-state index in [9.17, 15) is 8.42 Å². The molecule has 1 N–H and O–H groups in total. The van der Waals surface area contributed by atoms with E-state index < -0.39 is 10.0 Å². The van der Waals surface area contributed by atoms with Crippen molar-refractivity contribution >= 4 is 21.4 Å². The van der Waals surface area contributed by atoms with Gasteiger partial charge in [-0.1, -0.05) is 5.16 Å². The molecule has 0 radical (unpaired) electrons. The third-order valence-electron chi connectivity index (χ3n) is 4.50. The van der Waals surface area contributed by atoms with E-state index in [2.05, 4.69) is 14.9 Å². The van der Waals surface area contributed by atoms with Crippen LogP contribution in [0.3, 0.4) is 0 Å². The molecule has 0 amide bonds. The summed E-state index contributed by atoms with van der Waals surface area (Å²) < 4.78 is 38.1. The largest absolute Gasteiger partial charge is 0.440 e. The van der Waals surface area contributed by atoms with E-state index in [1.165, 1.54) is 23.1 Å². The zero-order valence-corrected chi connectivity index (χ0v) is 16.2. The van der Waals surface area contributed by atoms with E-state index in [4.69, 9.17) is 8.94 Å². The number of nitrogens with zero attached hydrogens (tertiary/aromatic N) is 2. The van der Waals surface area contributed by atoms with Crippen LogP contribution in [0.1, 0.15) is 33.3 Å². The number of fused-ring (bicyclic) bond motifs is 1. The second-order valence-corrected chi connectivity index (χ2v) is 9.19. The van der Waals surface area contributed by atoms with Gasteiger partial charge in [0.25, 0.3) is 10.0 Å². The van der Waals surface area contributed by atoms with Crippen LogP contribution < -0.4 is 4.72 Å². The van der Waals surface area contributed by atoms with Crippen molar-refractivity contribution in [1.29, 1.82) is 0 Å². The fraction of sp³-hybridized carbons (Fsp3) is 0.412. The third kappa shape index (κ3) is 3.22. The van der Waals surface area contributed by atoms with Crippen molar-refractivity contribution in [3.05, 3.63) is 39.0 Å². The highest BCUT2D eigenvalue weighted by molar-refractivity contribution is 7.89. The van der Waals surface area contributed by atoms with Crippen molar-refractivity contribution in [2.75, 3.05) is 6.54 Å². The lowest BCUT2D eigenvalue weighted by Gasteiger charge is -2.03. The Balaban J connectivity index is 1.42. The summed E-state index contributed by atoms with van der Waals surface area (Å²) in [5.74, 6) is 0.793. The molecular weight excluding hydrogens is 374 g/mol. The van der Waals surface area contributed by atoms with Gasteiger partial charge in [-0.3, -0.25) is 0 Å². The summed E-state index contributed by atoms with van der Waals surface area (Å²) in [5, 5.41) is 4.70. The number of sulfonamides is 1. The number of hydrogen-bond acceptors (Lipinski definition) is 7. The van der Waals surface area contributed by atoms with Gasteiger partial charge in [0.1, 0.15) is 0 Å². The summed E-state index contributed by atoms with van der Waals surface area (Å²) in [6, 6.07) is 3.00. The average molecular weight is 393 g/mol. The summed E-state index contributed by atoms with van der Waals surface area (Å²) in [7, 11) is -3.72. The van der Waals surface area contributed by atoms with Crippen LogP contribution in [0, 0.1) is 13.8 Å². The summed E-state index contributed by atoms with van der Waals surface area (Å²) in [5.41, 5.74) is 2.75. The Morgan fingerprint density at radius 3 is 2.85 bits per heavy atom. The fourth-order valence-corrected chi connectivity index (χ4v) is 5.06. The number of aromatic nitrogens is 2. The van der Waals surface area contributed by atoms with E-state index in [0.717, 1.165) is 29.1 Å². The molecule has 0 bridgehead atoms. The zero-order valence-electron chi connectivity index (χ0n) is 14.5. The molecule has 1 aliphatic rings. The smallest absolute Gasteiger partial charge is 0.273 e. The van der Waals surface area contributed by atoms with Crippen LogP contribution in [0.5, 0.6) is 0 Å². The molecule has 0 unspecified atom stereocenters. The molecule has 0 atom stereocenters. The molecule has 4 rings (SSSR count). The van der Waals surface area contributed by atoms with E-state index >= 15 is 0 Å². The van der Waals surface area contributed by atoms with Crippen molar-refractivity contribution in [2.24, 2.45) is 0 Å². The molecule has 9 heteroatoms. The first-order chi connectivity index (χ1) is 12.4. The highest BCUT2D eigenvalue weighted by Gasteiger charge is 2.22. The van der Waals surface area contributed by atoms with E-state index in [1.807, 2.05) is 13.8 Å². The molecular formula is C17H19N3O4S2.